The molecule has 2 heterocycles. The zero-order valence-electron chi connectivity index (χ0n) is 8.92. The topological polar surface area (TPSA) is 33.7 Å². The largest absolute Gasteiger partial charge is 0.379 e. The van der Waals surface area contributed by atoms with E-state index in [0.717, 1.165) is 52.5 Å². The van der Waals surface area contributed by atoms with E-state index in [9.17, 15) is 0 Å². The summed E-state index contributed by atoms with van der Waals surface area (Å²) in [5, 5.41) is 3.23. The summed E-state index contributed by atoms with van der Waals surface area (Å²) in [6.07, 6.45) is 0. The number of hydrogen-bond donors (Lipinski definition) is 1. The Labute approximate surface area is 85.5 Å². The predicted molar refractivity (Wildman–Crippen MR) is 54.5 cm³/mol. The number of rotatable bonds is 4. The normalized spacial score (nSPS) is 27.2. The molecule has 0 amide bonds. The maximum Gasteiger partial charge on any atom is 0.0902 e. The molecule has 4 heteroatoms. The van der Waals surface area contributed by atoms with Crippen LogP contribution in [-0.2, 0) is 9.47 Å². The van der Waals surface area contributed by atoms with Crippen molar-refractivity contribution in [1.29, 1.82) is 0 Å². The smallest absolute Gasteiger partial charge is 0.0902 e. The lowest BCUT2D eigenvalue weighted by Crippen LogP contribution is -2.59. The van der Waals surface area contributed by atoms with Gasteiger partial charge in [0.25, 0.3) is 0 Å². The van der Waals surface area contributed by atoms with Gasteiger partial charge in [0.15, 0.2) is 0 Å². The molecule has 0 aromatic carbocycles. The number of nitrogens with one attached hydrogen (secondary N) is 1. The standard InChI is InChI=1S/C10H20N2O2/c1-10(8-11-9-10)14-7-4-12-2-5-13-6-3-12/h11H,2-9H2,1H3. The first kappa shape index (κ1) is 10.4. The van der Waals surface area contributed by atoms with Crippen LogP contribution >= 0.6 is 0 Å². The average molecular weight is 200 g/mol. The number of nitrogens with zero attached hydrogens (tertiary/aromatic N) is 1. The summed E-state index contributed by atoms with van der Waals surface area (Å²) >= 11 is 0. The molecule has 0 spiro atoms. The van der Waals surface area contributed by atoms with Gasteiger partial charge >= 0.3 is 0 Å². The van der Waals surface area contributed by atoms with Gasteiger partial charge in [0, 0.05) is 32.7 Å². The van der Waals surface area contributed by atoms with Crippen molar-refractivity contribution >= 4 is 0 Å². The second-order valence-corrected chi connectivity index (χ2v) is 4.36. The minimum Gasteiger partial charge on any atom is -0.379 e. The SMILES string of the molecule is CC1(OCCN2CCOCC2)CNC1. The Bertz CT molecular complexity index is 177. The first-order valence-corrected chi connectivity index (χ1v) is 5.43. The Kier molecular flexibility index (Phi) is 3.38. The van der Waals surface area contributed by atoms with E-state index in [0.29, 0.717) is 0 Å². The highest BCUT2D eigenvalue weighted by Crippen LogP contribution is 2.14. The fraction of sp³-hybridized carbons (Fsp3) is 1.00. The minimum atomic E-state index is 0.103. The monoisotopic (exact) mass is 200 g/mol. The van der Waals surface area contributed by atoms with E-state index in [1.165, 1.54) is 0 Å². The Morgan fingerprint density at radius 1 is 1.36 bits per heavy atom. The Morgan fingerprint density at radius 2 is 2.07 bits per heavy atom. The fourth-order valence-electron chi connectivity index (χ4n) is 1.83. The van der Waals surface area contributed by atoms with Crippen molar-refractivity contribution in [1.82, 2.24) is 10.2 Å². The number of hydrogen-bond acceptors (Lipinski definition) is 4. The quantitative estimate of drug-likeness (QED) is 0.675. The molecule has 0 radical (unpaired) electrons. The molecular weight excluding hydrogens is 180 g/mol. The summed E-state index contributed by atoms with van der Waals surface area (Å²) < 4.78 is 11.1. The molecule has 2 aliphatic heterocycles. The van der Waals surface area contributed by atoms with Crippen molar-refractivity contribution in [3.05, 3.63) is 0 Å². The van der Waals surface area contributed by atoms with Crippen LogP contribution in [-0.4, -0.2) is 63.0 Å². The molecule has 2 saturated heterocycles. The summed E-state index contributed by atoms with van der Waals surface area (Å²) in [5.74, 6) is 0. The summed E-state index contributed by atoms with van der Waals surface area (Å²) in [6, 6.07) is 0. The van der Waals surface area contributed by atoms with Crippen molar-refractivity contribution in [2.45, 2.75) is 12.5 Å². The van der Waals surface area contributed by atoms with E-state index in [-0.39, 0.29) is 5.60 Å². The van der Waals surface area contributed by atoms with Crippen LogP contribution in [0.1, 0.15) is 6.92 Å². The molecule has 0 saturated carbocycles. The number of ether oxygens (including phenoxy) is 2. The highest BCUT2D eigenvalue weighted by molar-refractivity contribution is 4.90. The molecule has 0 atom stereocenters. The van der Waals surface area contributed by atoms with E-state index in [1.807, 2.05) is 0 Å². The summed E-state index contributed by atoms with van der Waals surface area (Å²) in [6.45, 7) is 9.90. The third kappa shape index (κ3) is 2.67. The van der Waals surface area contributed by atoms with Crippen LogP contribution in [0.5, 0.6) is 0 Å². The van der Waals surface area contributed by atoms with Crippen molar-refractivity contribution < 1.29 is 9.47 Å². The molecule has 82 valence electrons. The van der Waals surface area contributed by atoms with Crippen LogP contribution in [0, 0.1) is 0 Å². The van der Waals surface area contributed by atoms with E-state index in [4.69, 9.17) is 9.47 Å². The lowest BCUT2D eigenvalue weighted by atomic mass is 10.0. The van der Waals surface area contributed by atoms with Gasteiger partial charge in [-0.05, 0) is 6.92 Å². The van der Waals surface area contributed by atoms with Gasteiger partial charge in [0.2, 0.25) is 0 Å². The van der Waals surface area contributed by atoms with Gasteiger partial charge in [-0.15, -0.1) is 0 Å². The van der Waals surface area contributed by atoms with Crippen LogP contribution in [0.2, 0.25) is 0 Å². The zero-order chi connectivity index (χ0) is 9.86. The van der Waals surface area contributed by atoms with Crippen LogP contribution < -0.4 is 5.32 Å². The maximum atomic E-state index is 5.82. The average Bonchev–Trinajstić information content (AvgIpc) is 2.17. The van der Waals surface area contributed by atoms with Gasteiger partial charge in [-0.2, -0.15) is 0 Å². The molecule has 2 aliphatic rings. The Balaban J connectivity index is 1.57. The van der Waals surface area contributed by atoms with Gasteiger partial charge in [-0.3, -0.25) is 4.90 Å². The van der Waals surface area contributed by atoms with Crippen LogP contribution in [0.4, 0.5) is 0 Å². The molecule has 2 fully saturated rings. The number of morpholine rings is 1. The van der Waals surface area contributed by atoms with Crippen LogP contribution in [0.15, 0.2) is 0 Å². The second kappa shape index (κ2) is 4.57. The Hall–Kier alpha value is -0.160. The van der Waals surface area contributed by atoms with Crippen molar-refractivity contribution in [2.75, 3.05) is 52.5 Å². The molecule has 14 heavy (non-hydrogen) atoms. The third-order valence-electron chi connectivity index (χ3n) is 2.96. The fourth-order valence-corrected chi connectivity index (χ4v) is 1.83. The minimum absolute atomic E-state index is 0.103. The molecule has 0 unspecified atom stereocenters. The molecule has 0 aromatic heterocycles. The maximum absolute atomic E-state index is 5.82. The van der Waals surface area contributed by atoms with Crippen molar-refractivity contribution in [3.8, 4) is 0 Å². The van der Waals surface area contributed by atoms with Crippen LogP contribution in [0.3, 0.4) is 0 Å². The van der Waals surface area contributed by atoms with Crippen molar-refractivity contribution in [2.24, 2.45) is 0 Å². The molecule has 0 aromatic rings. The zero-order valence-corrected chi connectivity index (χ0v) is 8.92. The lowest BCUT2D eigenvalue weighted by Gasteiger charge is -2.39. The van der Waals surface area contributed by atoms with E-state index >= 15 is 0 Å². The lowest BCUT2D eigenvalue weighted by molar-refractivity contribution is -0.0773. The van der Waals surface area contributed by atoms with Gasteiger partial charge < -0.3 is 14.8 Å². The third-order valence-corrected chi connectivity index (χ3v) is 2.96. The van der Waals surface area contributed by atoms with Gasteiger partial charge in [-0.25, -0.2) is 0 Å². The summed E-state index contributed by atoms with van der Waals surface area (Å²) in [4.78, 5) is 2.40. The van der Waals surface area contributed by atoms with Gasteiger partial charge in [0.05, 0.1) is 25.4 Å². The van der Waals surface area contributed by atoms with Crippen molar-refractivity contribution in [3.63, 3.8) is 0 Å². The molecule has 4 nitrogen and oxygen atoms in total. The molecule has 0 aliphatic carbocycles. The first-order chi connectivity index (χ1) is 6.79. The highest BCUT2D eigenvalue weighted by Gasteiger charge is 2.32. The molecule has 1 N–H and O–H groups in total. The van der Waals surface area contributed by atoms with E-state index in [2.05, 4.69) is 17.1 Å². The second-order valence-electron chi connectivity index (χ2n) is 4.36. The van der Waals surface area contributed by atoms with E-state index < -0.39 is 0 Å². The predicted octanol–water partition coefficient (Wildman–Crippen LogP) is -0.303. The van der Waals surface area contributed by atoms with E-state index in [1.54, 1.807) is 0 Å². The molecular formula is C10H20N2O2. The Morgan fingerprint density at radius 3 is 2.64 bits per heavy atom. The van der Waals surface area contributed by atoms with Crippen LogP contribution in [0.25, 0.3) is 0 Å². The highest BCUT2D eigenvalue weighted by atomic mass is 16.5. The molecule has 0 bridgehead atoms. The summed E-state index contributed by atoms with van der Waals surface area (Å²) in [7, 11) is 0. The van der Waals surface area contributed by atoms with Gasteiger partial charge in [-0.1, -0.05) is 0 Å². The summed E-state index contributed by atoms with van der Waals surface area (Å²) in [5.41, 5.74) is 0.103. The van der Waals surface area contributed by atoms with Gasteiger partial charge in [0.1, 0.15) is 0 Å². The molecule has 2 rings (SSSR count). The first-order valence-electron chi connectivity index (χ1n) is 5.43.